The topological polar surface area (TPSA) is 49.3 Å². The van der Waals surface area contributed by atoms with Gasteiger partial charge in [-0.05, 0) is 34.0 Å². The molecular formula is C11H16BrNO2S. The van der Waals surface area contributed by atoms with Crippen LogP contribution in [0.15, 0.2) is 15.9 Å². The lowest BCUT2D eigenvalue weighted by molar-refractivity contribution is -0.121. The molecule has 1 amide bonds. The van der Waals surface area contributed by atoms with E-state index in [0.29, 0.717) is 13.0 Å². The van der Waals surface area contributed by atoms with Gasteiger partial charge in [-0.15, -0.1) is 11.3 Å². The monoisotopic (exact) mass is 305 g/mol. The number of aliphatic hydroxyl groups excluding tert-OH is 1. The summed E-state index contributed by atoms with van der Waals surface area (Å²) in [4.78, 5) is 12.5. The Hall–Kier alpha value is -0.390. The lowest BCUT2D eigenvalue weighted by Crippen LogP contribution is -2.35. The third-order valence-corrected chi connectivity index (χ3v) is 3.87. The zero-order chi connectivity index (χ0) is 12.1. The van der Waals surface area contributed by atoms with Crippen molar-refractivity contribution in [2.24, 2.45) is 5.92 Å². The summed E-state index contributed by atoms with van der Waals surface area (Å²) in [6.45, 7) is 4.17. The number of amides is 1. The van der Waals surface area contributed by atoms with Crippen LogP contribution in [0.5, 0.6) is 0 Å². The van der Waals surface area contributed by atoms with Crippen molar-refractivity contribution in [2.75, 3.05) is 6.54 Å². The van der Waals surface area contributed by atoms with Gasteiger partial charge in [0.15, 0.2) is 0 Å². The lowest BCUT2D eigenvalue weighted by atomic mass is 10.1. The van der Waals surface area contributed by atoms with Crippen LogP contribution in [0.25, 0.3) is 0 Å². The number of halogens is 1. The molecule has 0 radical (unpaired) electrons. The molecule has 1 atom stereocenters. The van der Waals surface area contributed by atoms with Crippen LogP contribution in [0.2, 0.25) is 0 Å². The third kappa shape index (κ3) is 4.63. The summed E-state index contributed by atoms with van der Waals surface area (Å²) in [6.07, 6.45) is -0.0971. The summed E-state index contributed by atoms with van der Waals surface area (Å²) in [5.74, 6) is 0.116. The number of thiophene rings is 1. The van der Waals surface area contributed by atoms with Gasteiger partial charge in [-0.2, -0.15) is 0 Å². The summed E-state index contributed by atoms with van der Waals surface area (Å²) in [6, 6.07) is 3.85. The maximum atomic E-state index is 11.5. The largest absolute Gasteiger partial charge is 0.391 e. The van der Waals surface area contributed by atoms with E-state index in [1.54, 1.807) is 11.3 Å². The van der Waals surface area contributed by atoms with Crippen molar-refractivity contribution in [1.82, 2.24) is 5.32 Å². The molecule has 90 valence electrons. The Morgan fingerprint density at radius 1 is 1.56 bits per heavy atom. The number of carbonyl (C=O) groups is 1. The highest BCUT2D eigenvalue weighted by Gasteiger charge is 2.11. The molecular weight excluding hydrogens is 290 g/mol. The van der Waals surface area contributed by atoms with Crippen LogP contribution < -0.4 is 5.32 Å². The van der Waals surface area contributed by atoms with Crippen molar-refractivity contribution < 1.29 is 9.90 Å². The van der Waals surface area contributed by atoms with Gasteiger partial charge >= 0.3 is 0 Å². The van der Waals surface area contributed by atoms with Gasteiger partial charge in [-0.1, -0.05) is 13.8 Å². The number of aliphatic hydroxyl groups is 1. The number of hydrogen-bond acceptors (Lipinski definition) is 3. The van der Waals surface area contributed by atoms with E-state index in [2.05, 4.69) is 21.2 Å². The molecule has 0 bridgehead atoms. The van der Waals surface area contributed by atoms with Gasteiger partial charge in [0.1, 0.15) is 0 Å². The summed E-state index contributed by atoms with van der Waals surface area (Å²) in [7, 11) is 0. The Balaban J connectivity index is 2.31. The molecule has 0 aliphatic carbocycles. The molecule has 0 aliphatic rings. The average Bonchev–Trinajstić information content (AvgIpc) is 2.60. The third-order valence-electron chi connectivity index (χ3n) is 2.24. The first-order chi connectivity index (χ1) is 7.49. The number of carbonyl (C=O) groups excluding carboxylic acids is 1. The van der Waals surface area contributed by atoms with Crippen LogP contribution >= 0.6 is 27.3 Å². The first kappa shape index (κ1) is 13.7. The molecule has 3 nitrogen and oxygen atoms in total. The van der Waals surface area contributed by atoms with Crippen LogP contribution in [-0.4, -0.2) is 23.7 Å². The molecule has 0 aliphatic heterocycles. The summed E-state index contributed by atoms with van der Waals surface area (Å²) in [5, 5.41) is 12.2. The van der Waals surface area contributed by atoms with Crippen LogP contribution in [0, 0.1) is 5.92 Å². The standard InChI is InChI=1S/C11H16BrNO2S/c1-7(2)9(14)6-13-11(15)5-8-3-4-10(12)16-8/h3-4,7,9,14H,5-6H2,1-2H3,(H,13,15). The van der Waals surface area contributed by atoms with Crippen LogP contribution in [0.1, 0.15) is 18.7 Å². The van der Waals surface area contributed by atoms with Crippen molar-refractivity contribution >= 4 is 33.2 Å². The number of hydrogen-bond donors (Lipinski definition) is 2. The van der Waals surface area contributed by atoms with Crippen molar-refractivity contribution in [3.05, 3.63) is 20.8 Å². The highest BCUT2D eigenvalue weighted by Crippen LogP contribution is 2.22. The molecule has 0 aromatic carbocycles. The minimum atomic E-state index is -0.473. The quantitative estimate of drug-likeness (QED) is 0.876. The molecule has 0 spiro atoms. The summed E-state index contributed by atoms with van der Waals surface area (Å²) in [5.41, 5.74) is 0. The van der Waals surface area contributed by atoms with E-state index < -0.39 is 6.10 Å². The number of rotatable bonds is 5. The van der Waals surface area contributed by atoms with Crippen LogP contribution in [0.4, 0.5) is 0 Å². The van der Waals surface area contributed by atoms with Gasteiger partial charge in [0.2, 0.25) is 5.91 Å². The SMILES string of the molecule is CC(C)C(O)CNC(=O)Cc1ccc(Br)s1. The highest BCUT2D eigenvalue weighted by molar-refractivity contribution is 9.11. The fourth-order valence-electron chi connectivity index (χ4n) is 1.12. The zero-order valence-corrected chi connectivity index (χ0v) is 11.8. The average molecular weight is 306 g/mol. The van der Waals surface area contributed by atoms with Gasteiger partial charge in [0, 0.05) is 11.4 Å². The molecule has 1 rings (SSSR count). The van der Waals surface area contributed by atoms with E-state index in [9.17, 15) is 9.90 Å². The Morgan fingerprint density at radius 2 is 2.25 bits per heavy atom. The maximum Gasteiger partial charge on any atom is 0.225 e. The second kappa shape index (κ2) is 6.37. The normalized spacial score (nSPS) is 12.8. The fourth-order valence-corrected chi connectivity index (χ4v) is 2.60. The minimum absolute atomic E-state index is 0.0472. The molecule has 16 heavy (non-hydrogen) atoms. The second-order valence-corrected chi connectivity index (χ2v) is 6.55. The molecule has 1 aromatic heterocycles. The predicted octanol–water partition coefficient (Wildman–Crippen LogP) is 2.19. The minimum Gasteiger partial charge on any atom is -0.391 e. The van der Waals surface area contributed by atoms with Crippen molar-refractivity contribution in [1.29, 1.82) is 0 Å². The summed E-state index contributed by atoms with van der Waals surface area (Å²) >= 11 is 4.90. The van der Waals surface area contributed by atoms with Crippen LogP contribution in [0.3, 0.4) is 0 Å². The fraction of sp³-hybridized carbons (Fsp3) is 0.545. The molecule has 0 fully saturated rings. The molecule has 2 N–H and O–H groups in total. The predicted molar refractivity (Wildman–Crippen MR) is 69.6 cm³/mol. The maximum absolute atomic E-state index is 11.5. The van der Waals surface area contributed by atoms with Gasteiger partial charge in [-0.25, -0.2) is 0 Å². The smallest absolute Gasteiger partial charge is 0.225 e. The Morgan fingerprint density at radius 3 is 2.75 bits per heavy atom. The second-order valence-electron chi connectivity index (χ2n) is 4.00. The number of nitrogens with one attached hydrogen (secondary N) is 1. The van der Waals surface area contributed by atoms with Gasteiger partial charge in [-0.3, -0.25) is 4.79 Å². The molecule has 0 saturated carbocycles. The first-order valence-electron chi connectivity index (χ1n) is 5.18. The van der Waals surface area contributed by atoms with Crippen molar-refractivity contribution in [3.63, 3.8) is 0 Å². The highest BCUT2D eigenvalue weighted by atomic mass is 79.9. The van der Waals surface area contributed by atoms with E-state index in [-0.39, 0.29) is 11.8 Å². The van der Waals surface area contributed by atoms with Crippen molar-refractivity contribution in [3.8, 4) is 0 Å². The zero-order valence-electron chi connectivity index (χ0n) is 9.37. The summed E-state index contributed by atoms with van der Waals surface area (Å²) < 4.78 is 1.03. The van der Waals surface area contributed by atoms with Gasteiger partial charge in [0.25, 0.3) is 0 Å². The van der Waals surface area contributed by atoms with E-state index in [0.717, 1.165) is 8.66 Å². The molecule has 0 saturated heterocycles. The van der Waals surface area contributed by atoms with E-state index in [1.165, 1.54) is 0 Å². The molecule has 1 heterocycles. The Bertz CT molecular complexity index is 352. The van der Waals surface area contributed by atoms with Crippen LogP contribution in [-0.2, 0) is 11.2 Å². The lowest BCUT2D eigenvalue weighted by Gasteiger charge is -2.14. The van der Waals surface area contributed by atoms with Crippen molar-refractivity contribution in [2.45, 2.75) is 26.4 Å². The van der Waals surface area contributed by atoms with Gasteiger partial charge < -0.3 is 10.4 Å². The molecule has 5 heteroatoms. The molecule has 1 unspecified atom stereocenters. The van der Waals surface area contributed by atoms with Gasteiger partial charge in [0.05, 0.1) is 16.3 Å². The Labute approximate surface area is 108 Å². The van der Waals surface area contributed by atoms with E-state index in [1.807, 2.05) is 26.0 Å². The van der Waals surface area contributed by atoms with E-state index in [4.69, 9.17) is 0 Å². The van der Waals surface area contributed by atoms with E-state index >= 15 is 0 Å². The Kier molecular flexibility index (Phi) is 5.44. The molecule has 1 aromatic rings. The first-order valence-corrected chi connectivity index (χ1v) is 6.79.